The van der Waals surface area contributed by atoms with Gasteiger partial charge in [0.15, 0.2) is 0 Å². The van der Waals surface area contributed by atoms with Crippen LogP contribution in [0.1, 0.15) is 0 Å². The van der Waals surface area contributed by atoms with Gasteiger partial charge in [-0.3, -0.25) is 4.98 Å². The summed E-state index contributed by atoms with van der Waals surface area (Å²) in [6.07, 6.45) is 3.73. The van der Waals surface area contributed by atoms with Gasteiger partial charge in [0.25, 0.3) is 0 Å². The number of nitrogens with zero attached hydrogens (tertiary/aromatic N) is 2. The van der Waals surface area contributed by atoms with Gasteiger partial charge < -0.3 is 0 Å². The van der Waals surface area contributed by atoms with Gasteiger partial charge in [-0.25, -0.2) is 4.98 Å². The SMILES string of the molecule is c1cncc(-c2ccc(-c3cc(-c4ccc5c6ccccc6c6ccccc6c5c4)c4cc(-c5ccc6c7ccccc7c7ccccc7c6c5)c5ccccc5c4n3)cc2)c1. The van der Waals surface area contributed by atoms with Crippen LogP contribution in [0.15, 0.2) is 219 Å². The van der Waals surface area contributed by atoms with Gasteiger partial charge in [-0.1, -0.05) is 176 Å². The fourth-order valence-corrected chi connectivity index (χ4v) is 10.2. The van der Waals surface area contributed by atoms with Crippen molar-refractivity contribution in [2.24, 2.45) is 0 Å². The molecule has 62 heavy (non-hydrogen) atoms. The van der Waals surface area contributed by atoms with E-state index in [1.54, 1.807) is 0 Å². The Morgan fingerprint density at radius 3 is 1.13 bits per heavy atom. The van der Waals surface area contributed by atoms with Crippen molar-refractivity contribution in [1.82, 2.24) is 9.97 Å². The zero-order valence-electron chi connectivity index (χ0n) is 33.7. The lowest BCUT2D eigenvalue weighted by molar-refractivity contribution is 1.33. The van der Waals surface area contributed by atoms with Crippen molar-refractivity contribution in [2.75, 3.05) is 0 Å². The van der Waals surface area contributed by atoms with Crippen LogP contribution in [-0.4, -0.2) is 9.97 Å². The number of hydrogen-bond donors (Lipinski definition) is 0. The van der Waals surface area contributed by atoms with Gasteiger partial charge in [0.2, 0.25) is 0 Å². The average molecular weight is 785 g/mol. The van der Waals surface area contributed by atoms with E-state index < -0.39 is 0 Å². The van der Waals surface area contributed by atoms with Gasteiger partial charge >= 0.3 is 0 Å². The Balaban J connectivity index is 1.10. The quantitative estimate of drug-likeness (QED) is 0.166. The zero-order valence-corrected chi connectivity index (χ0v) is 33.7. The molecular weight excluding hydrogens is 749 g/mol. The maximum Gasteiger partial charge on any atom is 0.0794 e. The number of fused-ring (bicyclic) bond motifs is 15. The lowest BCUT2D eigenvalue weighted by Gasteiger charge is -2.18. The molecule has 0 N–H and O–H groups in total. The van der Waals surface area contributed by atoms with Crippen LogP contribution in [0.4, 0.5) is 0 Å². The average Bonchev–Trinajstić information content (AvgIpc) is 3.36. The molecule has 0 bridgehead atoms. The van der Waals surface area contributed by atoms with Gasteiger partial charge in [-0.15, -0.1) is 0 Å². The molecule has 0 aliphatic rings. The van der Waals surface area contributed by atoms with Crippen LogP contribution >= 0.6 is 0 Å². The van der Waals surface area contributed by atoms with Crippen LogP contribution in [-0.2, 0) is 0 Å². The molecule has 0 amide bonds. The van der Waals surface area contributed by atoms with Crippen LogP contribution in [0.2, 0.25) is 0 Å². The lowest BCUT2D eigenvalue weighted by atomic mass is 9.88. The summed E-state index contributed by atoms with van der Waals surface area (Å²) in [7, 11) is 0. The molecular formula is C60H36N2. The summed E-state index contributed by atoms with van der Waals surface area (Å²) < 4.78 is 0. The Labute approximate surface area is 358 Å². The fraction of sp³-hybridized carbons (Fsp3) is 0. The Morgan fingerprint density at radius 2 is 0.645 bits per heavy atom. The van der Waals surface area contributed by atoms with Crippen molar-refractivity contribution < 1.29 is 0 Å². The molecule has 0 saturated carbocycles. The van der Waals surface area contributed by atoms with E-state index in [2.05, 4.69) is 205 Å². The summed E-state index contributed by atoms with van der Waals surface area (Å²) in [5.74, 6) is 0. The van der Waals surface area contributed by atoms with Crippen LogP contribution in [0, 0.1) is 0 Å². The van der Waals surface area contributed by atoms with E-state index in [1.807, 2.05) is 18.5 Å². The first-order valence-electron chi connectivity index (χ1n) is 21.3. The molecule has 0 spiro atoms. The molecule has 0 aliphatic carbocycles. The molecule has 2 heteroatoms. The summed E-state index contributed by atoms with van der Waals surface area (Å²) in [5, 5.41) is 18.7. The topological polar surface area (TPSA) is 25.8 Å². The minimum absolute atomic E-state index is 0.940. The number of rotatable bonds is 4. The highest BCUT2D eigenvalue weighted by atomic mass is 14.7. The third-order valence-corrected chi connectivity index (χ3v) is 13.1. The Bertz CT molecular complexity index is 3890. The van der Waals surface area contributed by atoms with Crippen LogP contribution in [0.25, 0.3) is 131 Å². The van der Waals surface area contributed by atoms with Gasteiger partial charge in [-0.05, 0) is 134 Å². The van der Waals surface area contributed by atoms with Crippen molar-refractivity contribution in [3.8, 4) is 44.6 Å². The first kappa shape index (κ1) is 34.6. The third-order valence-electron chi connectivity index (χ3n) is 13.1. The molecule has 0 aliphatic heterocycles. The Morgan fingerprint density at radius 1 is 0.242 bits per heavy atom. The maximum absolute atomic E-state index is 5.56. The smallest absolute Gasteiger partial charge is 0.0794 e. The van der Waals surface area contributed by atoms with E-state index in [9.17, 15) is 0 Å². The predicted octanol–water partition coefficient (Wildman–Crippen LogP) is 16.4. The van der Waals surface area contributed by atoms with E-state index in [1.165, 1.54) is 81.1 Å². The molecule has 0 fully saturated rings. The first-order chi connectivity index (χ1) is 30.7. The molecule has 2 aromatic heterocycles. The lowest BCUT2D eigenvalue weighted by Crippen LogP contribution is -1.94. The number of pyridine rings is 2. The molecule has 2 heterocycles. The molecule has 0 radical (unpaired) electrons. The summed E-state index contributed by atoms with van der Waals surface area (Å²) >= 11 is 0. The molecule has 286 valence electrons. The monoisotopic (exact) mass is 784 g/mol. The highest BCUT2D eigenvalue weighted by Gasteiger charge is 2.19. The summed E-state index contributed by atoms with van der Waals surface area (Å²) in [4.78, 5) is 9.93. The minimum Gasteiger partial charge on any atom is -0.264 e. The van der Waals surface area contributed by atoms with Crippen molar-refractivity contribution in [3.63, 3.8) is 0 Å². The van der Waals surface area contributed by atoms with E-state index in [-0.39, 0.29) is 0 Å². The van der Waals surface area contributed by atoms with Gasteiger partial charge in [0.05, 0.1) is 11.2 Å². The highest BCUT2D eigenvalue weighted by molar-refractivity contribution is 6.28. The second-order valence-corrected chi connectivity index (χ2v) is 16.4. The Hall–Kier alpha value is -8.20. The second-order valence-electron chi connectivity index (χ2n) is 16.4. The van der Waals surface area contributed by atoms with E-state index in [0.717, 1.165) is 49.8 Å². The van der Waals surface area contributed by atoms with Crippen molar-refractivity contribution in [3.05, 3.63) is 219 Å². The highest BCUT2D eigenvalue weighted by Crippen LogP contribution is 2.44. The normalized spacial score (nSPS) is 11.9. The Kier molecular flexibility index (Phi) is 7.64. The predicted molar refractivity (Wildman–Crippen MR) is 264 cm³/mol. The second kappa shape index (κ2) is 13.7. The van der Waals surface area contributed by atoms with E-state index >= 15 is 0 Å². The van der Waals surface area contributed by atoms with Crippen molar-refractivity contribution in [2.45, 2.75) is 0 Å². The van der Waals surface area contributed by atoms with Gasteiger partial charge in [-0.2, -0.15) is 0 Å². The van der Waals surface area contributed by atoms with Crippen LogP contribution < -0.4 is 0 Å². The van der Waals surface area contributed by atoms with E-state index in [0.29, 0.717) is 0 Å². The number of hydrogen-bond acceptors (Lipinski definition) is 2. The third kappa shape index (κ3) is 5.30. The summed E-state index contributed by atoms with van der Waals surface area (Å²) in [6, 6.07) is 75.7. The van der Waals surface area contributed by atoms with Gasteiger partial charge in [0.1, 0.15) is 0 Å². The molecule has 2 nitrogen and oxygen atoms in total. The van der Waals surface area contributed by atoms with Crippen LogP contribution in [0.5, 0.6) is 0 Å². The number of benzene rings is 11. The first-order valence-corrected chi connectivity index (χ1v) is 21.3. The van der Waals surface area contributed by atoms with Crippen molar-refractivity contribution in [1.29, 1.82) is 0 Å². The van der Waals surface area contributed by atoms with Crippen LogP contribution in [0.3, 0.4) is 0 Å². The summed E-state index contributed by atoms with van der Waals surface area (Å²) in [6.45, 7) is 0. The molecule has 13 rings (SSSR count). The molecule has 0 atom stereocenters. The molecule has 13 aromatic rings. The van der Waals surface area contributed by atoms with E-state index in [4.69, 9.17) is 4.98 Å². The zero-order chi connectivity index (χ0) is 40.7. The number of aromatic nitrogens is 2. The largest absolute Gasteiger partial charge is 0.264 e. The fourth-order valence-electron chi connectivity index (χ4n) is 10.2. The van der Waals surface area contributed by atoms with Crippen molar-refractivity contribution >= 4 is 86.3 Å². The summed E-state index contributed by atoms with van der Waals surface area (Å²) in [5.41, 5.74) is 9.93. The molecule has 0 saturated heterocycles. The molecule has 0 unspecified atom stereocenters. The standard InChI is InChI=1S/C60H36N2/c1-3-17-46-42(13-1)44-15-5-7-19-48(44)56-32-39(27-29-51(46)56)54-34-58-55(40-28-30-52-47-18-4-2-14-43(47)45-16-6-8-20-49(45)57(52)33-40)35-59(62-60(58)53-22-10-9-21-50(53)54)38-25-23-37(24-26-38)41-12-11-31-61-36-41/h1-36H. The maximum atomic E-state index is 5.56. The van der Waals surface area contributed by atoms with Gasteiger partial charge in [0, 0.05) is 28.7 Å². The molecule has 11 aromatic carbocycles. The minimum atomic E-state index is 0.940.